The van der Waals surface area contributed by atoms with Crippen molar-refractivity contribution in [1.29, 1.82) is 0 Å². The maximum Gasteiger partial charge on any atom is 0.257 e. The molecule has 0 spiro atoms. The average Bonchev–Trinajstić information content (AvgIpc) is 3.24. The van der Waals surface area contributed by atoms with Crippen LogP contribution in [-0.4, -0.2) is 72.7 Å². The first-order valence-electron chi connectivity index (χ1n) is 11.7. The first-order chi connectivity index (χ1) is 17.4. The molecule has 0 radical (unpaired) electrons. The molecule has 3 aromatic rings. The summed E-state index contributed by atoms with van der Waals surface area (Å²) in [5, 5.41) is 4.67. The summed E-state index contributed by atoms with van der Waals surface area (Å²) in [5.74, 6) is 1.44. The molecule has 1 amide bonds. The van der Waals surface area contributed by atoms with Gasteiger partial charge in [0.1, 0.15) is 11.9 Å². The molecule has 3 heterocycles. The number of nitrogens with zero attached hydrogens (tertiary/aromatic N) is 4. The van der Waals surface area contributed by atoms with Crippen LogP contribution in [-0.2, 0) is 4.79 Å². The van der Waals surface area contributed by atoms with E-state index in [-0.39, 0.29) is 23.0 Å². The highest BCUT2D eigenvalue weighted by Crippen LogP contribution is 2.37. The second-order valence-corrected chi connectivity index (χ2v) is 9.52. The van der Waals surface area contributed by atoms with E-state index < -0.39 is 6.04 Å². The third-order valence-electron chi connectivity index (χ3n) is 6.69. The smallest absolute Gasteiger partial charge is 0.257 e. The zero-order chi connectivity index (χ0) is 25.4. The molecule has 1 fully saturated rings. The molecule has 0 aliphatic carbocycles. The number of ether oxygens (including phenoxy) is 2. The van der Waals surface area contributed by atoms with E-state index in [1.54, 1.807) is 26.4 Å². The van der Waals surface area contributed by atoms with Crippen molar-refractivity contribution in [3.8, 4) is 11.5 Å². The van der Waals surface area contributed by atoms with Crippen molar-refractivity contribution in [3.63, 3.8) is 0 Å². The number of nitrogens with one attached hydrogen (secondary N) is 1. The van der Waals surface area contributed by atoms with Gasteiger partial charge in [-0.15, -0.1) is 0 Å². The minimum Gasteiger partial charge on any atom is -0.493 e. The molecular formula is C25H26ClN5O4S. The van der Waals surface area contributed by atoms with Gasteiger partial charge in [-0.3, -0.25) is 9.59 Å². The van der Waals surface area contributed by atoms with Gasteiger partial charge in [-0.1, -0.05) is 11.6 Å². The zero-order valence-corrected chi connectivity index (χ0v) is 21.6. The van der Waals surface area contributed by atoms with E-state index in [0.29, 0.717) is 52.8 Å². The van der Waals surface area contributed by atoms with Crippen molar-refractivity contribution in [2.24, 2.45) is 0 Å². The highest BCUT2D eigenvalue weighted by Gasteiger charge is 2.33. The lowest BCUT2D eigenvalue weighted by molar-refractivity contribution is -0.131. The number of hydrogen-bond donors (Lipinski definition) is 1. The average molecular weight is 528 g/mol. The second-order valence-electron chi connectivity index (χ2n) is 8.72. The van der Waals surface area contributed by atoms with Crippen LogP contribution in [0.1, 0.15) is 17.6 Å². The maximum absolute atomic E-state index is 13.1. The topological polar surface area (TPSA) is 88.9 Å². The third-order valence-corrected chi connectivity index (χ3v) is 7.21. The first-order valence-corrected chi connectivity index (χ1v) is 12.5. The summed E-state index contributed by atoms with van der Waals surface area (Å²) in [6.07, 6.45) is 0.620. The van der Waals surface area contributed by atoms with Gasteiger partial charge in [-0.05, 0) is 49.0 Å². The molecule has 2 aromatic carbocycles. The van der Waals surface area contributed by atoms with Gasteiger partial charge in [0.25, 0.3) is 5.91 Å². The van der Waals surface area contributed by atoms with Crippen molar-refractivity contribution in [1.82, 2.24) is 14.5 Å². The largest absolute Gasteiger partial charge is 0.493 e. The van der Waals surface area contributed by atoms with E-state index in [0.717, 1.165) is 18.8 Å². The maximum atomic E-state index is 13.1. The van der Waals surface area contributed by atoms with Gasteiger partial charge in [0.05, 0.1) is 19.7 Å². The molecule has 188 valence electrons. The predicted molar refractivity (Wildman–Crippen MR) is 141 cm³/mol. The molecule has 1 unspecified atom stereocenters. The van der Waals surface area contributed by atoms with Gasteiger partial charge in [-0.2, -0.15) is 0 Å². The van der Waals surface area contributed by atoms with Gasteiger partial charge in [0.2, 0.25) is 10.7 Å². The SMILES string of the molecule is COc1cc2nc(=S)n3c(c2cc1OC)NC(CCC(=O)N1CCN(c2ccc(Cl)cc2)CC1)C3=O. The molecule has 11 heteroatoms. The summed E-state index contributed by atoms with van der Waals surface area (Å²) in [7, 11) is 3.10. The number of halogens is 1. The van der Waals surface area contributed by atoms with Gasteiger partial charge in [-0.25, -0.2) is 9.55 Å². The van der Waals surface area contributed by atoms with Gasteiger partial charge < -0.3 is 24.6 Å². The number of methoxy groups -OCH3 is 2. The standard InChI is InChI=1S/C25H26ClN5O4S/c1-34-20-13-17-19(14-21(20)35-2)28-25(36)31-23(17)27-18(24(31)33)7-8-22(32)30-11-9-29(10-12-30)16-5-3-15(26)4-6-16/h3-6,13-14,18,27H,7-12H2,1-2H3. The fraction of sp³-hybridized carbons (Fsp3) is 0.360. The Hall–Kier alpha value is -3.37. The summed E-state index contributed by atoms with van der Waals surface area (Å²) in [6, 6.07) is 10.7. The number of aromatic nitrogens is 2. The molecule has 1 aromatic heterocycles. The molecule has 1 atom stereocenters. The van der Waals surface area contributed by atoms with Crippen LogP contribution in [0.15, 0.2) is 36.4 Å². The summed E-state index contributed by atoms with van der Waals surface area (Å²) < 4.78 is 12.3. The highest BCUT2D eigenvalue weighted by atomic mass is 35.5. The number of carbonyl (C=O) groups excluding carboxylic acids is 2. The predicted octanol–water partition coefficient (Wildman–Crippen LogP) is 4.00. The lowest BCUT2D eigenvalue weighted by atomic mass is 10.1. The van der Waals surface area contributed by atoms with Crippen molar-refractivity contribution in [2.45, 2.75) is 18.9 Å². The molecule has 1 N–H and O–H groups in total. The van der Waals surface area contributed by atoms with Gasteiger partial charge >= 0.3 is 0 Å². The fourth-order valence-corrected chi connectivity index (χ4v) is 5.14. The Bertz CT molecular complexity index is 1390. The summed E-state index contributed by atoms with van der Waals surface area (Å²) in [5.41, 5.74) is 1.69. The number of hydrogen-bond acceptors (Lipinski definition) is 8. The molecule has 36 heavy (non-hydrogen) atoms. The van der Waals surface area contributed by atoms with Crippen LogP contribution in [0, 0.1) is 4.77 Å². The molecule has 5 rings (SSSR count). The number of rotatable bonds is 6. The number of fused-ring (bicyclic) bond motifs is 3. The van der Waals surface area contributed by atoms with E-state index in [1.807, 2.05) is 29.2 Å². The van der Waals surface area contributed by atoms with Crippen LogP contribution in [0.4, 0.5) is 11.5 Å². The van der Waals surface area contributed by atoms with Crippen molar-refractivity contribution >= 4 is 58.0 Å². The van der Waals surface area contributed by atoms with E-state index in [4.69, 9.17) is 33.3 Å². The lowest BCUT2D eigenvalue weighted by Crippen LogP contribution is -2.49. The quantitative estimate of drug-likeness (QED) is 0.481. The van der Waals surface area contributed by atoms with Crippen LogP contribution in [0.5, 0.6) is 11.5 Å². The van der Waals surface area contributed by atoms with Crippen molar-refractivity contribution in [3.05, 3.63) is 46.2 Å². The number of piperazine rings is 1. The Morgan fingerprint density at radius 3 is 2.44 bits per heavy atom. The van der Waals surface area contributed by atoms with Crippen LogP contribution < -0.4 is 19.7 Å². The fourth-order valence-electron chi connectivity index (χ4n) is 4.74. The minimum absolute atomic E-state index is 0.0364. The Labute approximate surface area is 218 Å². The molecular weight excluding hydrogens is 502 g/mol. The van der Waals surface area contributed by atoms with Gasteiger partial charge in [0, 0.05) is 54.8 Å². The molecule has 0 bridgehead atoms. The first kappa shape index (κ1) is 24.3. The summed E-state index contributed by atoms with van der Waals surface area (Å²) in [6.45, 7) is 2.76. The van der Waals surface area contributed by atoms with E-state index >= 15 is 0 Å². The molecule has 9 nitrogen and oxygen atoms in total. The lowest BCUT2D eigenvalue weighted by Gasteiger charge is -2.36. The Kier molecular flexibility index (Phi) is 6.72. The molecule has 2 aliphatic rings. The number of anilines is 2. The minimum atomic E-state index is -0.563. The molecule has 2 aliphatic heterocycles. The van der Waals surface area contributed by atoms with E-state index in [1.165, 1.54) is 4.57 Å². The summed E-state index contributed by atoms with van der Waals surface area (Å²) in [4.78, 5) is 34.6. The molecule has 1 saturated heterocycles. The number of benzene rings is 2. The Balaban J connectivity index is 1.25. The van der Waals surface area contributed by atoms with Crippen LogP contribution in [0.25, 0.3) is 10.9 Å². The van der Waals surface area contributed by atoms with Crippen LogP contribution in [0.3, 0.4) is 0 Å². The van der Waals surface area contributed by atoms with Crippen molar-refractivity contribution in [2.75, 3.05) is 50.6 Å². The normalized spacial score (nSPS) is 17.2. The Morgan fingerprint density at radius 2 is 1.78 bits per heavy atom. The van der Waals surface area contributed by atoms with Crippen LogP contribution >= 0.6 is 23.8 Å². The van der Waals surface area contributed by atoms with E-state index in [9.17, 15) is 9.59 Å². The molecule has 0 saturated carbocycles. The van der Waals surface area contributed by atoms with E-state index in [2.05, 4.69) is 15.2 Å². The monoisotopic (exact) mass is 527 g/mol. The van der Waals surface area contributed by atoms with Crippen LogP contribution in [0.2, 0.25) is 5.02 Å². The third kappa shape index (κ3) is 4.46. The highest BCUT2D eigenvalue weighted by molar-refractivity contribution is 7.71. The van der Waals surface area contributed by atoms with Crippen molar-refractivity contribution < 1.29 is 19.1 Å². The zero-order valence-electron chi connectivity index (χ0n) is 20.0. The number of carbonyl (C=O) groups is 2. The van der Waals surface area contributed by atoms with Gasteiger partial charge in [0.15, 0.2) is 11.5 Å². The Morgan fingerprint density at radius 1 is 1.11 bits per heavy atom. The number of amides is 1. The second kappa shape index (κ2) is 9.94. The summed E-state index contributed by atoms with van der Waals surface area (Å²) >= 11 is 11.4.